The Hall–Kier alpha value is -0.900. The molecule has 0 aromatic carbocycles. The summed E-state index contributed by atoms with van der Waals surface area (Å²) < 4.78 is 0. The number of nitrogens with two attached hydrogens (primary N) is 1. The third kappa shape index (κ3) is 2.62. The van der Waals surface area contributed by atoms with Crippen LogP contribution in [0.4, 0.5) is 0 Å². The van der Waals surface area contributed by atoms with Crippen LogP contribution in [0.25, 0.3) is 0 Å². The average Bonchev–Trinajstić information content (AvgIpc) is 2.53. The Kier molecular flexibility index (Phi) is 3.73. The van der Waals surface area contributed by atoms with Gasteiger partial charge in [-0.05, 0) is 19.4 Å². The summed E-state index contributed by atoms with van der Waals surface area (Å²) in [4.78, 5) is 4.29. The van der Waals surface area contributed by atoms with E-state index in [2.05, 4.69) is 15.2 Å². The van der Waals surface area contributed by atoms with E-state index >= 15 is 0 Å². The first-order valence-corrected chi connectivity index (χ1v) is 4.47. The van der Waals surface area contributed by atoms with Gasteiger partial charge in [-0.25, -0.2) is 4.98 Å². The molecule has 0 radical (unpaired) electrons. The molecule has 68 valence electrons. The molecular formula is C8H16N4. The number of aromatic nitrogens is 3. The lowest BCUT2D eigenvalue weighted by molar-refractivity contribution is 0.718. The Bertz CT molecular complexity index is 219. The van der Waals surface area contributed by atoms with Gasteiger partial charge in [-0.15, -0.1) is 0 Å². The molecule has 0 saturated carbocycles. The maximum Gasteiger partial charge on any atom is 0.150 e. The predicted molar refractivity (Wildman–Crippen MR) is 47.8 cm³/mol. The molecule has 1 rings (SSSR count). The Labute approximate surface area is 72.6 Å². The van der Waals surface area contributed by atoms with Crippen LogP contribution in [0.5, 0.6) is 0 Å². The zero-order valence-corrected chi connectivity index (χ0v) is 7.51. The fourth-order valence-corrected chi connectivity index (χ4v) is 1.04. The molecule has 3 N–H and O–H groups in total. The van der Waals surface area contributed by atoms with Crippen molar-refractivity contribution in [2.75, 3.05) is 6.54 Å². The van der Waals surface area contributed by atoms with Gasteiger partial charge in [0.2, 0.25) is 0 Å². The number of hydrogen-bond donors (Lipinski definition) is 2. The van der Waals surface area contributed by atoms with Crippen molar-refractivity contribution in [2.24, 2.45) is 5.73 Å². The van der Waals surface area contributed by atoms with Crippen molar-refractivity contribution in [2.45, 2.75) is 32.6 Å². The normalized spacial score (nSPS) is 10.5. The summed E-state index contributed by atoms with van der Waals surface area (Å²) in [6.07, 6.45) is 4.01. The summed E-state index contributed by atoms with van der Waals surface area (Å²) in [7, 11) is 0. The lowest BCUT2D eigenvalue weighted by atomic mass is 10.2. The number of nitrogens with zero attached hydrogens (tertiary/aromatic N) is 2. The van der Waals surface area contributed by atoms with Gasteiger partial charge in [0.25, 0.3) is 0 Å². The Morgan fingerprint density at radius 2 is 2.25 bits per heavy atom. The molecule has 0 amide bonds. The van der Waals surface area contributed by atoms with Gasteiger partial charge in [-0.3, -0.25) is 5.10 Å². The minimum atomic E-state index is 0.759. The number of rotatable bonds is 5. The molecule has 1 aromatic heterocycles. The second kappa shape index (κ2) is 4.87. The number of H-pyrrole nitrogens is 1. The summed E-state index contributed by atoms with van der Waals surface area (Å²) >= 11 is 0. The van der Waals surface area contributed by atoms with E-state index in [9.17, 15) is 0 Å². The van der Waals surface area contributed by atoms with Gasteiger partial charge in [0.1, 0.15) is 11.6 Å². The Morgan fingerprint density at radius 1 is 1.42 bits per heavy atom. The van der Waals surface area contributed by atoms with E-state index in [0.29, 0.717) is 0 Å². The third-order valence-corrected chi connectivity index (χ3v) is 1.76. The number of unbranched alkanes of at least 4 members (excludes halogenated alkanes) is 1. The second-order valence-corrected chi connectivity index (χ2v) is 2.80. The van der Waals surface area contributed by atoms with Crippen LogP contribution in [0.15, 0.2) is 0 Å². The molecule has 4 nitrogen and oxygen atoms in total. The third-order valence-electron chi connectivity index (χ3n) is 1.76. The topological polar surface area (TPSA) is 67.6 Å². The summed E-state index contributed by atoms with van der Waals surface area (Å²) in [5, 5.41) is 6.96. The fraction of sp³-hybridized carbons (Fsp3) is 0.750. The molecule has 0 atom stereocenters. The van der Waals surface area contributed by atoms with Crippen molar-refractivity contribution in [3.63, 3.8) is 0 Å². The number of aryl methyl sites for hydroxylation is 2. The Morgan fingerprint density at radius 3 is 2.83 bits per heavy atom. The van der Waals surface area contributed by atoms with Crippen LogP contribution in [0.3, 0.4) is 0 Å². The predicted octanol–water partition coefficient (Wildman–Crippen LogP) is 0.648. The molecule has 0 aliphatic heterocycles. The number of hydrogen-bond acceptors (Lipinski definition) is 3. The zero-order valence-electron chi connectivity index (χ0n) is 7.51. The molecule has 1 aromatic rings. The minimum absolute atomic E-state index is 0.759. The van der Waals surface area contributed by atoms with Gasteiger partial charge in [-0.1, -0.05) is 6.92 Å². The van der Waals surface area contributed by atoms with Crippen LogP contribution in [0.1, 0.15) is 31.4 Å². The Balaban J connectivity index is 2.31. The molecule has 0 spiro atoms. The van der Waals surface area contributed by atoms with E-state index in [1.807, 2.05) is 6.92 Å². The van der Waals surface area contributed by atoms with Crippen molar-refractivity contribution in [3.05, 3.63) is 11.6 Å². The monoisotopic (exact) mass is 168 g/mol. The summed E-state index contributed by atoms with van der Waals surface area (Å²) in [5.41, 5.74) is 5.38. The van der Waals surface area contributed by atoms with E-state index in [1.165, 1.54) is 0 Å². The van der Waals surface area contributed by atoms with Gasteiger partial charge < -0.3 is 5.73 Å². The molecule has 0 fully saturated rings. The first-order chi connectivity index (χ1) is 5.86. The van der Waals surface area contributed by atoms with Gasteiger partial charge in [0.15, 0.2) is 0 Å². The second-order valence-electron chi connectivity index (χ2n) is 2.80. The van der Waals surface area contributed by atoms with Gasteiger partial charge in [0, 0.05) is 12.8 Å². The van der Waals surface area contributed by atoms with Crippen LogP contribution >= 0.6 is 0 Å². The van der Waals surface area contributed by atoms with E-state index in [0.717, 1.165) is 43.9 Å². The van der Waals surface area contributed by atoms with E-state index < -0.39 is 0 Å². The molecule has 12 heavy (non-hydrogen) atoms. The largest absolute Gasteiger partial charge is 0.330 e. The quantitative estimate of drug-likeness (QED) is 0.634. The highest BCUT2D eigenvalue weighted by atomic mass is 15.2. The van der Waals surface area contributed by atoms with Crippen molar-refractivity contribution >= 4 is 0 Å². The van der Waals surface area contributed by atoms with E-state index in [1.54, 1.807) is 0 Å². The van der Waals surface area contributed by atoms with Crippen LogP contribution < -0.4 is 5.73 Å². The molecule has 0 unspecified atom stereocenters. The lowest BCUT2D eigenvalue weighted by Gasteiger charge is -1.92. The summed E-state index contributed by atoms with van der Waals surface area (Å²) in [6, 6.07) is 0. The van der Waals surface area contributed by atoms with Crippen molar-refractivity contribution in [1.82, 2.24) is 15.2 Å². The first-order valence-electron chi connectivity index (χ1n) is 4.47. The van der Waals surface area contributed by atoms with Crippen LogP contribution in [-0.4, -0.2) is 21.7 Å². The van der Waals surface area contributed by atoms with Gasteiger partial charge in [-0.2, -0.15) is 5.10 Å². The highest BCUT2D eigenvalue weighted by Crippen LogP contribution is 1.99. The van der Waals surface area contributed by atoms with Crippen molar-refractivity contribution < 1.29 is 0 Å². The maximum atomic E-state index is 5.38. The molecule has 0 aliphatic carbocycles. The summed E-state index contributed by atoms with van der Waals surface area (Å²) in [5.74, 6) is 1.89. The SMILES string of the molecule is CCc1n[nH]c(CCCCN)n1. The van der Waals surface area contributed by atoms with Gasteiger partial charge in [0.05, 0.1) is 0 Å². The molecule has 0 bridgehead atoms. The highest BCUT2D eigenvalue weighted by molar-refractivity contribution is 4.89. The fourth-order valence-electron chi connectivity index (χ4n) is 1.04. The van der Waals surface area contributed by atoms with Crippen molar-refractivity contribution in [3.8, 4) is 0 Å². The van der Waals surface area contributed by atoms with Crippen LogP contribution in [-0.2, 0) is 12.8 Å². The average molecular weight is 168 g/mol. The van der Waals surface area contributed by atoms with E-state index in [4.69, 9.17) is 5.73 Å². The molecule has 1 heterocycles. The zero-order chi connectivity index (χ0) is 8.81. The van der Waals surface area contributed by atoms with E-state index in [-0.39, 0.29) is 0 Å². The van der Waals surface area contributed by atoms with Crippen LogP contribution in [0, 0.1) is 0 Å². The molecule has 0 saturated heterocycles. The summed E-state index contributed by atoms with van der Waals surface area (Å²) in [6.45, 7) is 2.81. The standard InChI is InChI=1S/C8H16N4/c1-2-7-10-8(12-11-7)5-3-4-6-9/h2-6,9H2,1H3,(H,10,11,12). The lowest BCUT2D eigenvalue weighted by Crippen LogP contribution is -1.99. The van der Waals surface area contributed by atoms with Crippen molar-refractivity contribution in [1.29, 1.82) is 0 Å². The highest BCUT2D eigenvalue weighted by Gasteiger charge is 1.99. The van der Waals surface area contributed by atoms with Gasteiger partial charge >= 0.3 is 0 Å². The molecular weight excluding hydrogens is 152 g/mol. The number of nitrogens with one attached hydrogen (secondary N) is 1. The first kappa shape index (κ1) is 9.19. The number of aromatic amines is 1. The molecule has 4 heteroatoms. The minimum Gasteiger partial charge on any atom is -0.330 e. The van der Waals surface area contributed by atoms with Crippen LogP contribution in [0.2, 0.25) is 0 Å². The molecule has 0 aliphatic rings. The smallest absolute Gasteiger partial charge is 0.150 e. The maximum absolute atomic E-state index is 5.38.